The summed E-state index contributed by atoms with van der Waals surface area (Å²) in [6.07, 6.45) is 0. The molecule has 0 aromatic heterocycles. The lowest BCUT2D eigenvalue weighted by Gasteiger charge is -2.22. The van der Waals surface area contributed by atoms with Crippen LogP contribution < -0.4 is 16.0 Å². The number of halogens is 1. The van der Waals surface area contributed by atoms with Crippen molar-refractivity contribution in [3.05, 3.63) is 59.6 Å². The predicted octanol–water partition coefficient (Wildman–Crippen LogP) is 4.12. The third kappa shape index (κ3) is 5.28. The van der Waals surface area contributed by atoms with E-state index < -0.39 is 12.1 Å². The van der Waals surface area contributed by atoms with E-state index in [0.29, 0.717) is 16.4 Å². The molecule has 126 valence electrons. The van der Waals surface area contributed by atoms with E-state index in [4.69, 9.17) is 11.6 Å². The van der Waals surface area contributed by atoms with Gasteiger partial charge in [-0.3, -0.25) is 4.79 Å². The minimum atomic E-state index is -0.673. The molecule has 3 N–H and O–H groups in total. The van der Waals surface area contributed by atoms with E-state index in [1.54, 1.807) is 36.4 Å². The van der Waals surface area contributed by atoms with Gasteiger partial charge in [0.15, 0.2) is 0 Å². The summed E-state index contributed by atoms with van der Waals surface area (Å²) in [5, 5.41) is 8.71. The van der Waals surface area contributed by atoms with Crippen LogP contribution in [0.15, 0.2) is 54.6 Å². The van der Waals surface area contributed by atoms with Crippen molar-refractivity contribution in [3.63, 3.8) is 0 Å². The molecule has 0 saturated carbocycles. The zero-order chi connectivity index (χ0) is 17.5. The topological polar surface area (TPSA) is 70.2 Å². The van der Waals surface area contributed by atoms with Gasteiger partial charge in [0, 0.05) is 16.4 Å². The van der Waals surface area contributed by atoms with Crippen LogP contribution in [-0.2, 0) is 4.79 Å². The van der Waals surface area contributed by atoms with Crippen LogP contribution in [0.3, 0.4) is 0 Å². The van der Waals surface area contributed by atoms with Gasteiger partial charge < -0.3 is 16.0 Å². The van der Waals surface area contributed by atoms with Crippen LogP contribution >= 0.6 is 11.6 Å². The van der Waals surface area contributed by atoms with Crippen LogP contribution in [0.25, 0.3) is 0 Å². The highest BCUT2D eigenvalue weighted by Gasteiger charge is 2.24. The first-order valence-electron chi connectivity index (χ1n) is 7.64. The van der Waals surface area contributed by atoms with Crippen molar-refractivity contribution in [2.24, 2.45) is 5.92 Å². The lowest BCUT2D eigenvalue weighted by atomic mass is 10.0. The second-order valence-electron chi connectivity index (χ2n) is 5.69. The SMILES string of the molecule is CC(C)C(NC(=O)Nc1ccccc1)C(=O)Nc1cccc(Cl)c1. The summed E-state index contributed by atoms with van der Waals surface area (Å²) in [6.45, 7) is 3.73. The number of rotatable bonds is 5. The Hall–Kier alpha value is -2.53. The highest BCUT2D eigenvalue weighted by Crippen LogP contribution is 2.16. The fourth-order valence-electron chi connectivity index (χ4n) is 2.15. The first-order chi connectivity index (χ1) is 11.5. The van der Waals surface area contributed by atoms with Crippen molar-refractivity contribution >= 4 is 34.9 Å². The number of nitrogens with one attached hydrogen (secondary N) is 3. The van der Waals surface area contributed by atoms with E-state index in [0.717, 1.165) is 0 Å². The van der Waals surface area contributed by atoms with E-state index in [1.165, 1.54) is 0 Å². The summed E-state index contributed by atoms with van der Waals surface area (Å²) in [5.74, 6) is -0.374. The van der Waals surface area contributed by atoms with Gasteiger partial charge in [-0.1, -0.05) is 49.7 Å². The Morgan fingerprint density at radius 2 is 1.58 bits per heavy atom. The fraction of sp³-hybridized carbons (Fsp3) is 0.222. The van der Waals surface area contributed by atoms with Crippen LogP contribution in [0.5, 0.6) is 0 Å². The monoisotopic (exact) mass is 345 g/mol. The molecule has 3 amide bonds. The van der Waals surface area contributed by atoms with Gasteiger partial charge in [-0.15, -0.1) is 0 Å². The van der Waals surface area contributed by atoms with Crippen LogP contribution in [0.2, 0.25) is 5.02 Å². The molecule has 2 aromatic carbocycles. The zero-order valence-corrected chi connectivity index (χ0v) is 14.3. The van der Waals surface area contributed by atoms with E-state index in [2.05, 4.69) is 16.0 Å². The molecule has 0 saturated heterocycles. The average Bonchev–Trinajstić information content (AvgIpc) is 2.53. The van der Waals surface area contributed by atoms with Crippen molar-refractivity contribution in [1.29, 1.82) is 0 Å². The van der Waals surface area contributed by atoms with E-state index in [1.807, 2.05) is 32.0 Å². The summed E-state index contributed by atoms with van der Waals surface area (Å²) >= 11 is 5.91. The molecule has 0 fully saturated rings. The third-order valence-corrected chi connectivity index (χ3v) is 3.59. The Labute approximate surface area is 146 Å². The first-order valence-corrected chi connectivity index (χ1v) is 8.02. The van der Waals surface area contributed by atoms with E-state index in [-0.39, 0.29) is 11.8 Å². The number of para-hydroxylation sites is 1. The number of benzene rings is 2. The fourth-order valence-corrected chi connectivity index (χ4v) is 2.34. The number of hydrogen-bond donors (Lipinski definition) is 3. The summed E-state index contributed by atoms with van der Waals surface area (Å²) in [4.78, 5) is 24.6. The number of carbonyl (C=O) groups is 2. The molecule has 2 rings (SSSR count). The standard InChI is InChI=1S/C18H20ClN3O2/c1-12(2)16(17(23)20-15-10-6-7-13(19)11-15)22-18(24)21-14-8-4-3-5-9-14/h3-12,16H,1-2H3,(H,20,23)(H2,21,22,24). The molecule has 6 heteroatoms. The van der Waals surface area contributed by atoms with Gasteiger partial charge in [-0.2, -0.15) is 0 Å². The van der Waals surface area contributed by atoms with Gasteiger partial charge in [-0.25, -0.2) is 4.79 Å². The molecular weight excluding hydrogens is 326 g/mol. The van der Waals surface area contributed by atoms with Crippen LogP contribution in [-0.4, -0.2) is 18.0 Å². The number of urea groups is 1. The molecule has 1 unspecified atom stereocenters. The molecule has 0 aliphatic rings. The quantitative estimate of drug-likeness (QED) is 0.762. The molecule has 0 aliphatic carbocycles. The number of amides is 3. The average molecular weight is 346 g/mol. The van der Waals surface area contributed by atoms with Crippen molar-refractivity contribution in [3.8, 4) is 0 Å². The Morgan fingerprint density at radius 3 is 2.21 bits per heavy atom. The van der Waals surface area contributed by atoms with E-state index in [9.17, 15) is 9.59 Å². The predicted molar refractivity (Wildman–Crippen MR) is 97.3 cm³/mol. The maximum absolute atomic E-state index is 12.5. The van der Waals surface area contributed by atoms with Gasteiger partial charge in [0.25, 0.3) is 0 Å². The zero-order valence-electron chi connectivity index (χ0n) is 13.5. The molecule has 0 radical (unpaired) electrons. The Balaban J connectivity index is 2.00. The van der Waals surface area contributed by atoms with Crippen molar-refractivity contribution in [2.45, 2.75) is 19.9 Å². The molecular formula is C18H20ClN3O2. The lowest BCUT2D eigenvalue weighted by molar-refractivity contribution is -0.118. The Kier molecular flexibility index (Phi) is 6.21. The maximum Gasteiger partial charge on any atom is 0.319 e. The highest BCUT2D eigenvalue weighted by molar-refractivity contribution is 6.30. The molecule has 2 aromatic rings. The molecule has 0 spiro atoms. The van der Waals surface area contributed by atoms with E-state index >= 15 is 0 Å². The van der Waals surface area contributed by atoms with Crippen LogP contribution in [0, 0.1) is 5.92 Å². The molecule has 5 nitrogen and oxygen atoms in total. The largest absolute Gasteiger partial charge is 0.326 e. The van der Waals surface area contributed by atoms with Gasteiger partial charge >= 0.3 is 6.03 Å². The Morgan fingerprint density at radius 1 is 0.917 bits per heavy atom. The normalized spacial score (nSPS) is 11.7. The Bertz CT molecular complexity index is 704. The summed E-state index contributed by atoms with van der Waals surface area (Å²) < 4.78 is 0. The lowest BCUT2D eigenvalue weighted by Crippen LogP contribution is -2.48. The summed E-state index contributed by atoms with van der Waals surface area (Å²) in [5.41, 5.74) is 1.25. The van der Waals surface area contributed by atoms with Gasteiger partial charge in [0.05, 0.1) is 0 Å². The van der Waals surface area contributed by atoms with Crippen molar-refractivity contribution in [1.82, 2.24) is 5.32 Å². The summed E-state index contributed by atoms with van der Waals surface area (Å²) in [6, 6.07) is 14.8. The van der Waals surface area contributed by atoms with Gasteiger partial charge in [-0.05, 0) is 36.2 Å². The third-order valence-electron chi connectivity index (χ3n) is 3.36. The molecule has 24 heavy (non-hydrogen) atoms. The second kappa shape index (κ2) is 8.36. The smallest absolute Gasteiger partial charge is 0.319 e. The molecule has 0 aliphatic heterocycles. The first kappa shape index (κ1) is 17.8. The minimum Gasteiger partial charge on any atom is -0.326 e. The van der Waals surface area contributed by atoms with Crippen molar-refractivity contribution < 1.29 is 9.59 Å². The number of anilines is 2. The molecule has 0 bridgehead atoms. The second-order valence-corrected chi connectivity index (χ2v) is 6.12. The van der Waals surface area contributed by atoms with Crippen LogP contribution in [0.4, 0.5) is 16.2 Å². The molecule has 0 heterocycles. The summed E-state index contributed by atoms with van der Waals surface area (Å²) in [7, 11) is 0. The van der Waals surface area contributed by atoms with Crippen molar-refractivity contribution in [2.75, 3.05) is 10.6 Å². The number of carbonyl (C=O) groups excluding carboxylic acids is 2. The highest BCUT2D eigenvalue weighted by atomic mass is 35.5. The maximum atomic E-state index is 12.5. The van der Waals surface area contributed by atoms with Gasteiger partial charge in [0.2, 0.25) is 5.91 Å². The molecule has 1 atom stereocenters. The van der Waals surface area contributed by atoms with Crippen LogP contribution in [0.1, 0.15) is 13.8 Å². The number of hydrogen-bond acceptors (Lipinski definition) is 2. The van der Waals surface area contributed by atoms with Gasteiger partial charge in [0.1, 0.15) is 6.04 Å². The minimum absolute atomic E-state index is 0.0780.